The van der Waals surface area contributed by atoms with Gasteiger partial charge in [0.15, 0.2) is 5.78 Å². The van der Waals surface area contributed by atoms with Crippen LogP contribution < -0.4 is 35.4 Å². The van der Waals surface area contributed by atoms with Gasteiger partial charge < -0.3 is 92.8 Å². The van der Waals surface area contributed by atoms with Crippen molar-refractivity contribution in [1.82, 2.24) is 15.1 Å². The second-order valence-electron chi connectivity index (χ2n) is 25.4. The fourth-order valence-electron chi connectivity index (χ4n) is 12.1. The van der Waals surface area contributed by atoms with E-state index in [0.717, 1.165) is 34.5 Å². The number of hydrogen-bond donors (Lipinski definition) is 4. The number of nitrogens with zero attached hydrogens (tertiary/aromatic N) is 4. The quantitative estimate of drug-likeness (QED) is 0.0157. The number of halogens is 2. The Bertz CT molecular complexity index is 3920. The van der Waals surface area contributed by atoms with Crippen molar-refractivity contribution in [2.45, 2.75) is 58.1 Å². The Hall–Kier alpha value is -7.38. The number of nitrogens with two attached hydrogens (primary N) is 1. The number of nitrogens with one attached hydrogen (secondary N) is 2. The molecule has 5 aromatic carbocycles. The largest absolute Gasteiger partial charge is 0.445 e. The highest BCUT2D eigenvalue weighted by Gasteiger charge is 2.39. The first-order chi connectivity index (χ1) is 50.7. The van der Waals surface area contributed by atoms with Gasteiger partial charge >= 0.3 is 19.8 Å². The smallest absolute Gasteiger partial charge is 0.415 e. The molecule has 27 nitrogen and oxygen atoms in total. The molecule has 6 amide bonds. The maximum Gasteiger partial charge on any atom is 0.415 e. The molecular formula is C74H96Cl2N7O20PS. The number of carbonyl (C=O) groups is 7. The summed E-state index contributed by atoms with van der Waals surface area (Å²) in [6.45, 7) is 12.2. The number of fused-ring (bicyclic) bond motifs is 6. The highest BCUT2D eigenvalue weighted by Crippen LogP contribution is 2.51. The molecule has 0 saturated carbocycles. The maximum absolute atomic E-state index is 14.8. The van der Waals surface area contributed by atoms with Crippen molar-refractivity contribution in [3.63, 3.8) is 0 Å². The van der Waals surface area contributed by atoms with E-state index in [0.29, 0.717) is 111 Å². The summed E-state index contributed by atoms with van der Waals surface area (Å²) < 4.78 is 73.6. The monoisotopic (exact) mass is 1540 g/mol. The first-order valence-corrected chi connectivity index (χ1v) is 38.8. The lowest BCUT2D eigenvalue weighted by Crippen LogP contribution is -2.45. The fourth-order valence-corrected chi connectivity index (χ4v) is 14.0. The summed E-state index contributed by atoms with van der Waals surface area (Å²) in [6.07, 6.45) is -1.55. The Labute approximate surface area is 625 Å². The summed E-state index contributed by atoms with van der Waals surface area (Å²) in [5.41, 5.74) is 8.95. The van der Waals surface area contributed by atoms with Crippen LogP contribution >= 0.6 is 42.1 Å². The molecule has 31 heteroatoms. The van der Waals surface area contributed by atoms with Crippen LogP contribution in [0.25, 0.3) is 21.5 Å². The molecule has 8 rings (SSSR count). The molecule has 0 spiro atoms. The first kappa shape index (κ1) is 83.3. The van der Waals surface area contributed by atoms with Gasteiger partial charge in [-0.2, -0.15) is 0 Å². The van der Waals surface area contributed by atoms with Crippen LogP contribution in [0.3, 0.4) is 0 Å². The van der Waals surface area contributed by atoms with Gasteiger partial charge in [0.25, 0.3) is 11.8 Å². The molecule has 2 aliphatic heterocycles. The third-order valence-electron chi connectivity index (χ3n) is 17.4. The van der Waals surface area contributed by atoms with E-state index in [1.807, 2.05) is 50.2 Å². The third kappa shape index (κ3) is 24.1. The van der Waals surface area contributed by atoms with Gasteiger partial charge in [-0.25, -0.2) is 14.2 Å². The second kappa shape index (κ2) is 42.2. The third-order valence-corrected chi connectivity index (χ3v) is 19.7. The number of rotatable bonds is 45. The van der Waals surface area contributed by atoms with Crippen LogP contribution in [0, 0.1) is 11.8 Å². The van der Waals surface area contributed by atoms with Crippen molar-refractivity contribution in [2.75, 3.05) is 186 Å². The molecule has 1 aromatic heterocycles. The van der Waals surface area contributed by atoms with Crippen LogP contribution in [0.2, 0.25) is 0 Å². The lowest BCUT2D eigenvalue weighted by atomic mass is 9.92. The van der Waals surface area contributed by atoms with Crippen molar-refractivity contribution < 1.29 is 94.9 Å². The molecule has 5 N–H and O–H groups in total. The number of ketones is 1. The van der Waals surface area contributed by atoms with E-state index in [2.05, 4.69) is 10.6 Å². The van der Waals surface area contributed by atoms with Crippen LogP contribution in [0.15, 0.2) is 97.1 Å². The topological polar surface area (TPSA) is 321 Å². The standard InChI is InChI=1S/C74H96Cl2N7O20PS/c1-49(2)69(79-66(85)21-27-95-31-33-97-35-37-99-39-40-100-38-36-98-34-32-96-28-22-77)61(84)41-50(3)70(86)78-54-17-15-51(16-18-54)48-101-73(89)80(25-29-93-4)23-24-81(26-30-94-5)74(90)102-62-42-59-67(57-13-9-7-11-55(57)62)52(44-75)46-82(59)71(87)64-19-20-65(105-64)72(88)83-47-53(45-76)68-58-14-10-8-12-56(58)63(43-60(68)83)103-104(6,91)92/h7-20,42-43,49-50,52-53,69H,21-41,44-48,77H2,1-6H3,(H,78,86)(H,79,85)(H,91,92)/t50-,52-,53-,69+/m1/s1. The molecule has 0 radical (unpaired) electrons. The lowest BCUT2D eigenvalue weighted by molar-refractivity contribution is -0.131. The number of thiophene rings is 1. The zero-order valence-electron chi connectivity index (χ0n) is 60.2. The molecule has 1 unspecified atom stereocenters. The van der Waals surface area contributed by atoms with Gasteiger partial charge in [-0.15, -0.1) is 34.5 Å². The summed E-state index contributed by atoms with van der Waals surface area (Å²) >= 11 is 14.2. The Balaban J connectivity index is 0.808. The van der Waals surface area contributed by atoms with Crippen molar-refractivity contribution in [3.8, 4) is 11.5 Å². The fraction of sp³-hybridized carbons (Fsp3) is 0.500. The van der Waals surface area contributed by atoms with E-state index < -0.39 is 49.5 Å². The number of ether oxygens (including phenoxy) is 10. The van der Waals surface area contributed by atoms with E-state index in [1.165, 1.54) is 24.0 Å². The van der Waals surface area contributed by atoms with Crippen molar-refractivity contribution in [3.05, 3.63) is 124 Å². The van der Waals surface area contributed by atoms with E-state index in [9.17, 15) is 43.0 Å². The van der Waals surface area contributed by atoms with E-state index in [1.54, 1.807) is 77.4 Å². The average molecular weight is 1540 g/mol. The Morgan fingerprint density at radius 1 is 0.610 bits per heavy atom. The number of anilines is 3. The minimum Gasteiger partial charge on any atom is -0.445 e. The van der Waals surface area contributed by atoms with Gasteiger partial charge in [0.05, 0.1) is 120 Å². The van der Waals surface area contributed by atoms with Crippen molar-refractivity contribution in [1.29, 1.82) is 0 Å². The van der Waals surface area contributed by atoms with Crippen LogP contribution in [0.4, 0.5) is 26.7 Å². The number of hydrogen-bond acceptors (Lipinski definition) is 21. The Morgan fingerprint density at radius 2 is 1.07 bits per heavy atom. The molecule has 105 heavy (non-hydrogen) atoms. The normalized spacial score (nSPS) is 15.1. The number of methoxy groups -OCH3 is 2. The van der Waals surface area contributed by atoms with Gasteiger partial charge in [-0.3, -0.25) is 24.0 Å². The molecule has 0 aliphatic carbocycles. The number of carbonyl (C=O) groups excluding carboxylic acids is 7. The van der Waals surface area contributed by atoms with Gasteiger partial charge in [0.2, 0.25) is 11.8 Å². The molecule has 3 heterocycles. The van der Waals surface area contributed by atoms with Gasteiger partial charge in [0, 0.05) is 138 Å². The molecule has 0 bridgehead atoms. The van der Waals surface area contributed by atoms with Crippen molar-refractivity contribution in [2.24, 2.45) is 17.6 Å². The zero-order valence-corrected chi connectivity index (χ0v) is 63.4. The van der Waals surface area contributed by atoms with Crippen LogP contribution in [-0.2, 0) is 68.2 Å². The van der Waals surface area contributed by atoms with Crippen LogP contribution in [0.1, 0.15) is 81.5 Å². The predicted octanol–water partition coefficient (Wildman–Crippen LogP) is 10.1. The van der Waals surface area contributed by atoms with Crippen LogP contribution in [-0.4, -0.2) is 233 Å². The minimum absolute atomic E-state index is 0.00302. The SMILES string of the molecule is COCCN(CCN(CCOC)C(=O)Oc1cc2c(c3ccccc13)[C@H](CCl)CN2C(=O)c1ccc(C(=O)N2C[C@@H](CCl)c3c2cc(OP(C)(=O)O)c2ccccc32)s1)C(=O)OCc1ccc(NC(=O)[C@H](C)CC(=O)[C@@H](NC(=O)CCOCCOCCOCCOCCOCCOCCN)C(C)C)cc1. The lowest BCUT2D eigenvalue weighted by Gasteiger charge is -2.27. The number of benzene rings is 5. The van der Waals surface area contributed by atoms with Crippen molar-refractivity contribution >= 4 is 122 Å². The maximum atomic E-state index is 14.8. The highest BCUT2D eigenvalue weighted by atomic mass is 35.5. The highest BCUT2D eigenvalue weighted by molar-refractivity contribution is 7.52. The molecule has 6 aromatic rings. The minimum atomic E-state index is -4.01. The second-order valence-corrected chi connectivity index (χ2v) is 28.9. The number of alkyl halides is 2. The Morgan fingerprint density at radius 3 is 1.53 bits per heavy atom. The number of amides is 6. The van der Waals surface area contributed by atoms with Crippen LogP contribution in [0.5, 0.6) is 11.5 Å². The molecular weight excluding hydrogens is 1440 g/mol. The average Bonchev–Trinajstić information content (AvgIpc) is 1.62. The van der Waals surface area contributed by atoms with E-state index in [-0.39, 0.29) is 148 Å². The van der Waals surface area contributed by atoms with E-state index >= 15 is 0 Å². The molecule has 572 valence electrons. The summed E-state index contributed by atoms with van der Waals surface area (Å²) in [5.74, 6) is -2.80. The summed E-state index contributed by atoms with van der Waals surface area (Å²) in [7, 11) is -1.03. The molecule has 0 fully saturated rings. The first-order valence-electron chi connectivity index (χ1n) is 34.9. The van der Waals surface area contributed by atoms with Gasteiger partial charge in [-0.1, -0.05) is 81.4 Å². The molecule has 2 aliphatic rings. The van der Waals surface area contributed by atoms with Gasteiger partial charge in [-0.05, 0) is 57.6 Å². The van der Waals surface area contributed by atoms with Gasteiger partial charge in [0.1, 0.15) is 18.1 Å². The summed E-state index contributed by atoms with van der Waals surface area (Å²) in [4.78, 5) is 114. The zero-order chi connectivity index (χ0) is 75.4. The predicted molar refractivity (Wildman–Crippen MR) is 401 cm³/mol. The summed E-state index contributed by atoms with van der Waals surface area (Å²) in [5, 5.41) is 8.28. The Kier molecular flexibility index (Phi) is 33.5. The number of Topliss-reactive ketones (excluding diaryl/α,β-unsaturated/α-hetero) is 1. The van der Waals surface area contributed by atoms with E-state index in [4.69, 9.17) is 80.8 Å². The molecule has 5 atom stereocenters. The summed E-state index contributed by atoms with van der Waals surface area (Å²) in [6, 6.07) is 26.9. The molecule has 0 saturated heterocycles.